The molecule has 1 fully saturated rings. The molecule has 1 aliphatic rings. The zero-order chi connectivity index (χ0) is 20.7. The second kappa shape index (κ2) is 9.86. The molecule has 0 aromatic carbocycles. The summed E-state index contributed by atoms with van der Waals surface area (Å²) in [5.41, 5.74) is 0. The molecule has 0 bridgehead atoms. The third-order valence-corrected chi connectivity index (χ3v) is 3.37. The van der Waals surface area contributed by atoms with E-state index in [1.54, 1.807) is 0 Å². The van der Waals surface area contributed by atoms with Gasteiger partial charge in [-0.15, -0.1) is 0 Å². The van der Waals surface area contributed by atoms with Gasteiger partial charge in [-0.3, -0.25) is 24.0 Å². The van der Waals surface area contributed by atoms with Crippen LogP contribution in [-0.2, 0) is 52.4 Å². The Bertz CT molecular complexity index is 599. The van der Waals surface area contributed by atoms with Crippen LogP contribution in [0, 0.1) is 0 Å². The van der Waals surface area contributed by atoms with Crippen LogP contribution in [0.2, 0.25) is 0 Å². The minimum Gasteiger partial charge on any atom is -0.469 e. The number of esters is 5. The maximum absolute atomic E-state index is 11.7. The molecule has 0 spiro atoms. The molecule has 0 aliphatic carbocycles. The molecule has 1 aliphatic heterocycles. The highest BCUT2D eigenvalue weighted by atomic mass is 16.7. The van der Waals surface area contributed by atoms with E-state index in [0.717, 1.165) is 34.8 Å². The summed E-state index contributed by atoms with van der Waals surface area (Å²) < 4.78 is 30.5. The summed E-state index contributed by atoms with van der Waals surface area (Å²) in [4.78, 5) is 57.6. The minimum absolute atomic E-state index is 0.406. The van der Waals surface area contributed by atoms with E-state index in [2.05, 4.69) is 4.74 Å². The van der Waals surface area contributed by atoms with Crippen LogP contribution < -0.4 is 0 Å². The largest absolute Gasteiger partial charge is 0.469 e. The molecule has 0 radical (unpaired) electrons. The Kier molecular flexibility index (Phi) is 8.16. The molecule has 0 N–H and O–H groups in total. The van der Waals surface area contributed by atoms with E-state index in [-0.39, 0.29) is 0 Å². The van der Waals surface area contributed by atoms with Gasteiger partial charge in [-0.05, 0) is 0 Å². The number of rotatable bonds is 6. The first-order valence-corrected chi connectivity index (χ1v) is 7.96. The van der Waals surface area contributed by atoms with Gasteiger partial charge >= 0.3 is 29.8 Å². The van der Waals surface area contributed by atoms with Gasteiger partial charge in [0.2, 0.25) is 12.4 Å². The Labute approximate surface area is 155 Å². The fourth-order valence-electron chi connectivity index (χ4n) is 2.53. The van der Waals surface area contributed by atoms with Gasteiger partial charge in [-0.25, -0.2) is 0 Å². The van der Waals surface area contributed by atoms with Gasteiger partial charge in [-0.2, -0.15) is 0 Å². The predicted octanol–water partition coefficient (Wildman–Crippen LogP) is -0.367. The fraction of sp³-hybridized carbons (Fsp3) is 0.688. The van der Waals surface area contributed by atoms with Crippen LogP contribution in [0.3, 0.4) is 0 Å². The zero-order valence-corrected chi connectivity index (χ0v) is 15.6. The van der Waals surface area contributed by atoms with Crippen LogP contribution in [0.15, 0.2) is 0 Å². The van der Waals surface area contributed by atoms with Crippen molar-refractivity contribution in [2.75, 3.05) is 7.11 Å². The number of hydrogen-bond donors (Lipinski definition) is 0. The molecule has 1 saturated heterocycles. The van der Waals surface area contributed by atoms with Gasteiger partial charge in [0.15, 0.2) is 12.2 Å². The minimum atomic E-state index is -1.50. The standard InChI is InChI=1S/C16H22O11/c1-7(17)23-13-11(6-12(21)22-5)27-16(26-10(4)20)15(25-9(3)19)14(13)24-8(2)18/h11,13-16H,6H2,1-5H3/t11-,13+,14+,15+,16+/m1/s1. The Hall–Kier alpha value is -2.69. The summed E-state index contributed by atoms with van der Waals surface area (Å²) in [6, 6.07) is 0. The van der Waals surface area contributed by atoms with Crippen molar-refractivity contribution in [3.8, 4) is 0 Å². The van der Waals surface area contributed by atoms with Gasteiger partial charge in [-0.1, -0.05) is 0 Å². The topological polar surface area (TPSA) is 141 Å². The Morgan fingerprint density at radius 2 is 1.15 bits per heavy atom. The van der Waals surface area contributed by atoms with Gasteiger partial charge < -0.3 is 28.4 Å². The zero-order valence-electron chi connectivity index (χ0n) is 15.6. The van der Waals surface area contributed by atoms with E-state index >= 15 is 0 Å². The highest BCUT2D eigenvalue weighted by molar-refractivity contribution is 5.71. The molecular formula is C16H22O11. The number of carbonyl (C=O) groups excluding carboxylic acids is 5. The summed E-state index contributed by atoms with van der Waals surface area (Å²) in [6.07, 6.45) is -7.23. The van der Waals surface area contributed by atoms with Crippen molar-refractivity contribution in [3.63, 3.8) is 0 Å². The number of ether oxygens (including phenoxy) is 6. The molecule has 1 rings (SSSR count). The van der Waals surface area contributed by atoms with Crippen molar-refractivity contribution in [2.24, 2.45) is 0 Å². The van der Waals surface area contributed by atoms with Crippen LogP contribution in [0.25, 0.3) is 0 Å². The van der Waals surface area contributed by atoms with Crippen LogP contribution in [0.4, 0.5) is 0 Å². The number of methoxy groups -OCH3 is 1. The molecule has 0 amide bonds. The predicted molar refractivity (Wildman–Crippen MR) is 83.7 cm³/mol. The number of hydrogen-bond acceptors (Lipinski definition) is 11. The van der Waals surface area contributed by atoms with Crippen molar-refractivity contribution < 1.29 is 52.4 Å². The van der Waals surface area contributed by atoms with E-state index in [9.17, 15) is 24.0 Å². The molecule has 11 heteroatoms. The maximum Gasteiger partial charge on any atom is 0.308 e. The lowest BCUT2D eigenvalue weighted by Gasteiger charge is -2.43. The van der Waals surface area contributed by atoms with Crippen LogP contribution in [0.5, 0.6) is 0 Å². The van der Waals surface area contributed by atoms with E-state index in [1.807, 2.05) is 0 Å². The lowest BCUT2D eigenvalue weighted by Crippen LogP contribution is -2.62. The third-order valence-electron chi connectivity index (χ3n) is 3.37. The van der Waals surface area contributed by atoms with Gasteiger partial charge in [0.05, 0.1) is 13.5 Å². The van der Waals surface area contributed by atoms with Gasteiger partial charge in [0, 0.05) is 27.7 Å². The van der Waals surface area contributed by atoms with Crippen LogP contribution in [-0.4, -0.2) is 67.7 Å². The summed E-state index contributed by atoms with van der Waals surface area (Å²) in [5.74, 6) is -3.82. The van der Waals surface area contributed by atoms with Crippen molar-refractivity contribution in [1.29, 1.82) is 0 Å². The van der Waals surface area contributed by atoms with Crippen molar-refractivity contribution in [3.05, 3.63) is 0 Å². The molecule has 1 heterocycles. The molecular weight excluding hydrogens is 368 g/mol. The lowest BCUT2D eigenvalue weighted by molar-refractivity contribution is -0.296. The molecule has 0 unspecified atom stereocenters. The maximum atomic E-state index is 11.7. The van der Waals surface area contributed by atoms with E-state index < -0.39 is 67.0 Å². The first-order valence-electron chi connectivity index (χ1n) is 7.96. The highest BCUT2D eigenvalue weighted by Crippen LogP contribution is 2.31. The van der Waals surface area contributed by atoms with Crippen molar-refractivity contribution in [2.45, 2.75) is 64.8 Å². The summed E-state index contributed by atoms with van der Waals surface area (Å²) in [6.45, 7) is 4.35. The average Bonchev–Trinajstić information content (AvgIpc) is 2.52. The quantitative estimate of drug-likeness (QED) is 0.433. The number of carbonyl (C=O) groups is 5. The fourth-order valence-corrected chi connectivity index (χ4v) is 2.53. The SMILES string of the molecule is COC(=O)C[C@H]1O[C@H](OC(C)=O)[C@@H](OC(C)=O)[C@@H](OC(C)=O)[C@H]1OC(C)=O. The van der Waals surface area contributed by atoms with E-state index in [0.29, 0.717) is 0 Å². The van der Waals surface area contributed by atoms with Gasteiger partial charge in [0.1, 0.15) is 6.10 Å². The van der Waals surface area contributed by atoms with Crippen LogP contribution in [0.1, 0.15) is 34.1 Å². The normalized spacial score (nSPS) is 27.1. The van der Waals surface area contributed by atoms with Gasteiger partial charge in [0.25, 0.3) is 0 Å². The summed E-state index contributed by atoms with van der Waals surface area (Å²) in [7, 11) is 1.14. The smallest absolute Gasteiger partial charge is 0.308 e. The van der Waals surface area contributed by atoms with Crippen molar-refractivity contribution in [1.82, 2.24) is 0 Å². The monoisotopic (exact) mass is 390 g/mol. The van der Waals surface area contributed by atoms with E-state index in [1.165, 1.54) is 0 Å². The summed E-state index contributed by atoms with van der Waals surface area (Å²) >= 11 is 0. The molecule has 0 aromatic heterocycles. The Morgan fingerprint density at radius 1 is 0.704 bits per heavy atom. The Morgan fingerprint density at radius 3 is 1.59 bits per heavy atom. The molecule has 27 heavy (non-hydrogen) atoms. The molecule has 5 atom stereocenters. The molecule has 11 nitrogen and oxygen atoms in total. The molecule has 152 valence electrons. The first kappa shape index (κ1) is 22.4. The molecule has 0 saturated carbocycles. The second-order valence-electron chi connectivity index (χ2n) is 5.65. The molecule has 0 aromatic rings. The van der Waals surface area contributed by atoms with Crippen molar-refractivity contribution >= 4 is 29.8 Å². The second-order valence-corrected chi connectivity index (χ2v) is 5.65. The van der Waals surface area contributed by atoms with Crippen LogP contribution >= 0.6 is 0 Å². The van der Waals surface area contributed by atoms with E-state index in [4.69, 9.17) is 23.7 Å². The average molecular weight is 390 g/mol. The summed E-state index contributed by atoms with van der Waals surface area (Å²) in [5, 5.41) is 0. The lowest BCUT2D eigenvalue weighted by atomic mass is 9.96. The highest BCUT2D eigenvalue weighted by Gasteiger charge is 2.53. The first-order chi connectivity index (χ1) is 12.5. The Balaban J connectivity index is 3.33. The third kappa shape index (κ3) is 6.85.